The molecule has 5 heteroatoms. The van der Waals surface area contributed by atoms with Crippen molar-refractivity contribution < 1.29 is 14.3 Å². The molecule has 2 N–H and O–H groups in total. The molecule has 0 saturated carbocycles. The molecule has 0 aliphatic heterocycles. The maximum absolute atomic E-state index is 11.8. The summed E-state index contributed by atoms with van der Waals surface area (Å²) in [6, 6.07) is 8.89. The van der Waals surface area contributed by atoms with Gasteiger partial charge in [-0.15, -0.1) is 0 Å². The minimum atomic E-state index is -1.20. The number of aryl methyl sites for hydroxylation is 1. The van der Waals surface area contributed by atoms with E-state index in [9.17, 15) is 9.90 Å². The molecule has 0 radical (unpaired) electrons. The molecule has 0 unspecified atom stereocenters. The van der Waals surface area contributed by atoms with Gasteiger partial charge in [0.25, 0.3) is 0 Å². The van der Waals surface area contributed by atoms with Gasteiger partial charge in [-0.25, -0.2) is 0 Å². The SMILES string of the molecule is C[C@](O)(CNC(=O)CCc1ccoc1)c1ccccc1Cl. The molecule has 0 fully saturated rings. The van der Waals surface area contributed by atoms with Crippen molar-refractivity contribution in [1.82, 2.24) is 5.32 Å². The van der Waals surface area contributed by atoms with Crippen LogP contribution >= 0.6 is 11.6 Å². The molecule has 0 aliphatic carbocycles. The Bertz CT molecular complexity index is 593. The molecule has 2 rings (SSSR count). The van der Waals surface area contributed by atoms with Gasteiger partial charge in [-0.1, -0.05) is 29.8 Å². The maximum atomic E-state index is 11.8. The predicted molar refractivity (Wildman–Crippen MR) is 81.1 cm³/mol. The molecule has 0 aliphatic rings. The molecule has 2 aromatic rings. The van der Waals surface area contributed by atoms with Crippen molar-refractivity contribution in [3.8, 4) is 0 Å². The van der Waals surface area contributed by atoms with Gasteiger partial charge in [-0.05, 0) is 31.0 Å². The van der Waals surface area contributed by atoms with Crippen molar-refractivity contribution in [1.29, 1.82) is 0 Å². The number of amides is 1. The van der Waals surface area contributed by atoms with Crippen molar-refractivity contribution in [2.75, 3.05) is 6.54 Å². The zero-order chi connectivity index (χ0) is 15.3. The molecule has 4 nitrogen and oxygen atoms in total. The van der Waals surface area contributed by atoms with Crippen LogP contribution in [-0.2, 0) is 16.8 Å². The van der Waals surface area contributed by atoms with Crippen molar-refractivity contribution >= 4 is 17.5 Å². The lowest BCUT2D eigenvalue weighted by Gasteiger charge is -2.25. The minimum Gasteiger partial charge on any atom is -0.472 e. The van der Waals surface area contributed by atoms with Crippen molar-refractivity contribution in [3.63, 3.8) is 0 Å². The van der Waals surface area contributed by atoms with E-state index in [2.05, 4.69) is 5.32 Å². The molecular weight excluding hydrogens is 290 g/mol. The van der Waals surface area contributed by atoms with Crippen LogP contribution in [0.4, 0.5) is 0 Å². The Labute approximate surface area is 128 Å². The largest absolute Gasteiger partial charge is 0.472 e. The second kappa shape index (κ2) is 6.78. The molecule has 1 heterocycles. The first kappa shape index (κ1) is 15.6. The van der Waals surface area contributed by atoms with E-state index in [0.717, 1.165) is 5.56 Å². The summed E-state index contributed by atoms with van der Waals surface area (Å²) < 4.78 is 4.95. The second-order valence-electron chi connectivity index (χ2n) is 5.16. The Morgan fingerprint density at radius 3 is 2.81 bits per heavy atom. The van der Waals surface area contributed by atoms with Crippen molar-refractivity contribution in [3.05, 3.63) is 59.0 Å². The summed E-state index contributed by atoms with van der Waals surface area (Å²) in [4.78, 5) is 11.8. The number of halogens is 1. The summed E-state index contributed by atoms with van der Waals surface area (Å²) in [5, 5.41) is 13.7. The lowest BCUT2D eigenvalue weighted by Crippen LogP contribution is -2.38. The minimum absolute atomic E-state index is 0.112. The standard InChI is InChI=1S/C16H18ClNO3/c1-16(20,13-4-2-3-5-14(13)17)11-18-15(19)7-6-12-8-9-21-10-12/h2-5,8-10,20H,6-7,11H2,1H3,(H,18,19)/t16-/m0/s1. The zero-order valence-electron chi connectivity index (χ0n) is 11.8. The Morgan fingerprint density at radius 2 is 2.14 bits per heavy atom. The van der Waals surface area contributed by atoms with E-state index in [1.165, 1.54) is 0 Å². The van der Waals surface area contributed by atoms with E-state index in [4.69, 9.17) is 16.0 Å². The number of aliphatic hydroxyl groups is 1. The van der Waals surface area contributed by atoms with Crippen LogP contribution in [0.15, 0.2) is 47.3 Å². The van der Waals surface area contributed by atoms with Crippen LogP contribution in [0.25, 0.3) is 0 Å². The quantitative estimate of drug-likeness (QED) is 0.862. The lowest BCUT2D eigenvalue weighted by atomic mass is 9.96. The van der Waals surface area contributed by atoms with Crippen LogP contribution < -0.4 is 5.32 Å². The normalized spacial score (nSPS) is 13.7. The van der Waals surface area contributed by atoms with Gasteiger partial charge in [0, 0.05) is 17.0 Å². The van der Waals surface area contributed by atoms with Gasteiger partial charge in [0.2, 0.25) is 5.91 Å². The summed E-state index contributed by atoms with van der Waals surface area (Å²) in [7, 11) is 0. The molecule has 1 amide bonds. The Hall–Kier alpha value is -1.78. The third-order valence-electron chi connectivity index (χ3n) is 3.30. The van der Waals surface area contributed by atoms with Crippen LogP contribution in [-0.4, -0.2) is 17.6 Å². The van der Waals surface area contributed by atoms with Crippen LogP contribution in [0, 0.1) is 0 Å². The van der Waals surface area contributed by atoms with Gasteiger partial charge in [-0.3, -0.25) is 4.79 Å². The number of carbonyl (C=O) groups is 1. The topological polar surface area (TPSA) is 62.5 Å². The van der Waals surface area contributed by atoms with E-state index in [-0.39, 0.29) is 12.5 Å². The molecule has 112 valence electrons. The molecule has 1 aromatic carbocycles. The number of hydrogen-bond acceptors (Lipinski definition) is 3. The first-order valence-corrected chi connectivity index (χ1v) is 7.12. The maximum Gasteiger partial charge on any atom is 0.220 e. The summed E-state index contributed by atoms with van der Waals surface area (Å²) in [6.07, 6.45) is 4.15. The van der Waals surface area contributed by atoms with Gasteiger partial charge < -0.3 is 14.8 Å². The van der Waals surface area contributed by atoms with Crippen LogP contribution in [0.1, 0.15) is 24.5 Å². The number of nitrogens with one attached hydrogen (secondary N) is 1. The van der Waals surface area contributed by atoms with Gasteiger partial charge in [0.1, 0.15) is 5.60 Å². The fraction of sp³-hybridized carbons (Fsp3) is 0.312. The van der Waals surface area contributed by atoms with Gasteiger partial charge >= 0.3 is 0 Å². The third kappa shape index (κ3) is 4.34. The Morgan fingerprint density at radius 1 is 1.38 bits per heavy atom. The van der Waals surface area contributed by atoms with Gasteiger partial charge in [0.05, 0.1) is 19.1 Å². The van der Waals surface area contributed by atoms with E-state index in [1.54, 1.807) is 43.7 Å². The molecule has 1 atom stereocenters. The molecule has 1 aromatic heterocycles. The highest BCUT2D eigenvalue weighted by atomic mass is 35.5. The fourth-order valence-corrected chi connectivity index (χ4v) is 2.38. The number of hydrogen-bond donors (Lipinski definition) is 2. The molecule has 0 spiro atoms. The summed E-state index contributed by atoms with van der Waals surface area (Å²) in [5.41, 5.74) is 0.369. The van der Waals surface area contributed by atoms with Crippen molar-refractivity contribution in [2.24, 2.45) is 0 Å². The van der Waals surface area contributed by atoms with Crippen LogP contribution in [0.2, 0.25) is 5.02 Å². The predicted octanol–water partition coefficient (Wildman–Crippen LogP) is 2.89. The number of carbonyl (C=O) groups excluding carboxylic acids is 1. The average Bonchev–Trinajstić information content (AvgIpc) is 2.96. The second-order valence-corrected chi connectivity index (χ2v) is 5.57. The molecule has 0 saturated heterocycles. The third-order valence-corrected chi connectivity index (χ3v) is 3.63. The first-order valence-electron chi connectivity index (χ1n) is 6.74. The smallest absolute Gasteiger partial charge is 0.220 e. The van der Waals surface area contributed by atoms with Crippen LogP contribution in [0.3, 0.4) is 0 Å². The number of furan rings is 1. The van der Waals surface area contributed by atoms with E-state index in [0.29, 0.717) is 23.4 Å². The summed E-state index contributed by atoms with van der Waals surface area (Å²) in [5.74, 6) is -0.122. The highest BCUT2D eigenvalue weighted by Crippen LogP contribution is 2.27. The summed E-state index contributed by atoms with van der Waals surface area (Å²) in [6.45, 7) is 1.74. The number of rotatable bonds is 6. The summed E-state index contributed by atoms with van der Waals surface area (Å²) >= 11 is 6.07. The van der Waals surface area contributed by atoms with E-state index >= 15 is 0 Å². The Balaban J connectivity index is 1.86. The highest BCUT2D eigenvalue weighted by Gasteiger charge is 2.25. The monoisotopic (exact) mass is 307 g/mol. The lowest BCUT2D eigenvalue weighted by molar-refractivity contribution is -0.122. The molecule has 0 bridgehead atoms. The first-order chi connectivity index (χ1) is 9.99. The van der Waals surface area contributed by atoms with Crippen LogP contribution in [0.5, 0.6) is 0 Å². The highest BCUT2D eigenvalue weighted by molar-refractivity contribution is 6.31. The molecule has 21 heavy (non-hydrogen) atoms. The average molecular weight is 308 g/mol. The molecular formula is C16H18ClNO3. The fourth-order valence-electron chi connectivity index (χ4n) is 2.05. The number of benzene rings is 1. The van der Waals surface area contributed by atoms with Gasteiger partial charge in [0.15, 0.2) is 0 Å². The van der Waals surface area contributed by atoms with E-state index < -0.39 is 5.60 Å². The van der Waals surface area contributed by atoms with Gasteiger partial charge in [-0.2, -0.15) is 0 Å². The van der Waals surface area contributed by atoms with Crippen molar-refractivity contribution in [2.45, 2.75) is 25.4 Å². The Kier molecular flexibility index (Phi) is 5.04. The van der Waals surface area contributed by atoms with E-state index in [1.807, 2.05) is 6.07 Å². The zero-order valence-corrected chi connectivity index (χ0v) is 12.6.